The normalized spacial score (nSPS) is 11.8. The molecule has 0 atom stereocenters. The number of hydrogen-bond donors (Lipinski definition) is 2. The molecule has 0 saturated heterocycles. The smallest absolute Gasteiger partial charge is 0.263 e. The van der Waals surface area contributed by atoms with Gasteiger partial charge in [-0.3, -0.25) is 9.82 Å². The standard InChI is InChI=1S/C15H13Cl2N3O2S/c1-8-5-12(16)9(2)15(14(8)17)23(21,22)20-11-4-3-10-7-18-19-13(10)6-11/h3-7,20H,1-2H3,(H,18,19). The number of fused-ring (bicyclic) bond motifs is 1. The molecule has 2 N–H and O–H groups in total. The highest BCUT2D eigenvalue weighted by Crippen LogP contribution is 2.34. The Labute approximate surface area is 143 Å². The van der Waals surface area contributed by atoms with Gasteiger partial charge in [0.2, 0.25) is 0 Å². The first kappa shape index (κ1) is 16.1. The van der Waals surface area contributed by atoms with Crippen molar-refractivity contribution in [3.05, 3.63) is 51.6 Å². The Morgan fingerprint density at radius 1 is 1.17 bits per heavy atom. The molecule has 0 unspecified atom stereocenters. The van der Waals surface area contributed by atoms with Gasteiger partial charge in [-0.1, -0.05) is 23.2 Å². The number of nitrogens with one attached hydrogen (secondary N) is 2. The molecule has 120 valence electrons. The van der Waals surface area contributed by atoms with Gasteiger partial charge < -0.3 is 0 Å². The second-order valence-corrected chi connectivity index (χ2v) is 7.63. The van der Waals surface area contributed by atoms with Crippen LogP contribution in [0.3, 0.4) is 0 Å². The number of sulfonamides is 1. The van der Waals surface area contributed by atoms with E-state index < -0.39 is 10.0 Å². The monoisotopic (exact) mass is 369 g/mol. The van der Waals surface area contributed by atoms with Gasteiger partial charge in [0.25, 0.3) is 10.0 Å². The highest BCUT2D eigenvalue weighted by Gasteiger charge is 2.24. The van der Waals surface area contributed by atoms with Crippen LogP contribution in [0.15, 0.2) is 35.4 Å². The zero-order chi connectivity index (χ0) is 16.8. The summed E-state index contributed by atoms with van der Waals surface area (Å²) in [5.41, 5.74) is 2.16. The maximum atomic E-state index is 12.7. The van der Waals surface area contributed by atoms with E-state index in [1.807, 2.05) is 0 Å². The van der Waals surface area contributed by atoms with Gasteiger partial charge in [0.1, 0.15) is 4.90 Å². The van der Waals surface area contributed by atoms with Crippen molar-refractivity contribution in [3.63, 3.8) is 0 Å². The first-order chi connectivity index (χ1) is 10.8. The molecule has 0 aliphatic rings. The number of aromatic nitrogens is 2. The third-order valence-electron chi connectivity index (χ3n) is 3.55. The highest BCUT2D eigenvalue weighted by molar-refractivity contribution is 7.93. The van der Waals surface area contributed by atoms with E-state index in [-0.39, 0.29) is 9.92 Å². The Balaban J connectivity index is 2.08. The molecule has 8 heteroatoms. The van der Waals surface area contributed by atoms with E-state index in [2.05, 4.69) is 14.9 Å². The zero-order valence-electron chi connectivity index (χ0n) is 12.3. The summed E-state index contributed by atoms with van der Waals surface area (Å²) in [4.78, 5) is -0.00567. The number of benzene rings is 2. The average Bonchev–Trinajstić information content (AvgIpc) is 2.92. The van der Waals surface area contributed by atoms with Gasteiger partial charge in [0.05, 0.1) is 22.4 Å². The predicted molar refractivity (Wildman–Crippen MR) is 92.8 cm³/mol. The van der Waals surface area contributed by atoms with E-state index in [1.165, 1.54) is 0 Å². The van der Waals surface area contributed by atoms with Crippen molar-refractivity contribution in [3.8, 4) is 0 Å². The van der Waals surface area contributed by atoms with Gasteiger partial charge in [0.15, 0.2) is 0 Å². The summed E-state index contributed by atoms with van der Waals surface area (Å²) in [6, 6.07) is 6.75. The fourth-order valence-electron chi connectivity index (χ4n) is 2.34. The first-order valence-corrected chi connectivity index (χ1v) is 8.94. The van der Waals surface area contributed by atoms with E-state index in [0.717, 1.165) is 10.9 Å². The van der Waals surface area contributed by atoms with E-state index in [4.69, 9.17) is 23.2 Å². The molecular weight excluding hydrogens is 357 g/mol. The predicted octanol–water partition coefficient (Wildman–Crippen LogP) is 4.29. The van der Waals surface area contributed by atoms with Crippen molar-refractivity contribution in [1.29, 1.82) is 0 Å². The van der Waals surface area contributed by atoms with Gasteiger partial charge in [-0.25, -0.2) is 8.42 Å². The molecule has 3 rings (SSSR count). The summed E-state index contributed by atoms with van der Waals surface area (Å²) in [6.07, 6.45) is 1.66. The third-order valence-corrected chi connectivity index (χ3v) is 6.09. The molecule has 2 aromatic carbocycles. The van der Waals surface area contributed by atoms with Crippen LogP contribution < -0.4 is 4.72 Å². The third kappa shape index (κ3) is 2.89. The first-order valence-electron chi connectivity index (χ1n) is 6.71. The second-order valence-electron chi connectivity index (χ2n) is 5.22. The van der Waals surface area contributed by atoms with E-state index in [0.29, 0.717) is 21.8 Å². The lowest BCUT2D eigenvalue weighted by Crippen LogP contribution is -2.15. The van der Waals surface area contributed by atoms with Crippen LogP contribution in [-0.2, 0) is 10.0 Å². The molecule has 0 amide bonds. The van der Waals surface area contributed by atoms with Crippen LogP contribution in [0.1, 0.15) is 11.1 Å². The van der Waals surface area contributed by atoms with E-state index >= 15 is 0 Å². The summed E-state index contributed by atoms with van der Waals surface area (Å²) in [5, 5.41) is 8.12. The minimum Gasteiger partial charge on any atom is -0.279 e. The fourth-order valence-corrected chi connectivity index (χ4v) is 4.60. The molecule has 23 heavy (non-hydrogen) atoms. The molecule has 5 nitrogen and oxygen atoms in total. The summed E-state index contributed by atoms with van der Waals surface area (Å²) < 4.78 is 28.0. The maximum Gasteiger partial charge on any atom is 0.263 e. The maximum absolute atomic E-state index is 12.7. The molecule has 0 radical (unpaired) electrons. The van der Waals surface area contributed by atoms with Crippen molar-refractivity contribution in [2.75, 3.05) is 4.72 Å². The highest BCUT2D eigenvalue weighted by atomic mass is 35.5. The van der Waals surface area contributed by atoms with Crippen LogP contribution in [0, 0.1) is 13.8 Å². The summed E-state index contributed by atoms with van der Waals surface area (Å²) in [6.45, 7) is 3.34. The quantitative estimate of drug-likeness (QED) is 0.722. The van der Waals surface area contributed by atoms with E-state index in [1.54, 1.807) is 44.3 Å². The molecule has 0 aliphatic heterocycles. The second kappa shape index (κ2) is 5.70. The molecule has 1 heterocycles. The molecule has 0 fully saturated rings. The largest absolute Gasteiger partial charge is 0.279 e. The Morgan fingerprint density at radius 2 is 1.91 bits per heavy atom. The lowest BCUT2D eigenvalue weighted by molar-refractivity contribution is 0.600. The minimum absolute atomic E-state index is 0.00567. The minimum atomic E-state index is -3.87. The van der Waals surface area contributed by atoms with Crippen molar-refractivity contribution < 1.29 is 8.42 Å². The number of rotatable bonds is 3. The molecule has 0 saturated carbocycles. The van der Waals surface area contributed by atoms with Crippen LogP contribution in [0.2, 0.25) is 10.0 Å². The summed E-state index contributed by atoms with van der Waals surface area (Å²) in [7, 11) is -3.87. The number of halogens is 2. The van der Waals surface area contributed by atoms with E-state index in [9.17, 15) is 8.42 Å². The molecule has 0 spiro atoms. The zero-order valence-corrected chi connectivity index (χ0v) is 14.6. The molecular formula is C15H13Cl2N3O2S. The van der Waals surface area contributed by atoms with Crippen LogP contribution in [0.5, 0.6) is 0 Å². The SMILES string of the molecule is Cc1cc(Cl)c(C)c(S(=O)(=O)Nc2ccc3cn[nH]c3c2)c1Cl. The van der Waals surface area contributed by atoms with Gasteiger partial charge in [-0.05, 0) is 49.2 Å². The van der Waals surface area contributed by atoms with Crippen LogP contribution in [-0.4, -0.2) is 18.6 Å². The number of hydrogen-bond acceptors (Lipinski definition) is 3. The van der Waals surface area contributed by atoms with Gasteiger partial charge >= 0.3 is 0 Å². The van der Waals surface area contributed by atoms with Crippen molar-refractivity contribution >= 4 is 49.8 Å². The van der Waals surface area contributed by atoms with Crippen molar-refractivity contribution in [2.24, 2.45) is 0 Å². The lowest BCUT2D eigenvalue weighted by Gasteiger charge is -2.14. The fraction of sp³-hybridized carbons (Fsp3) is 0.133. The Morgan fingerprint density at radius 3 is 2.65 bits per heavy atom. The van der Waals surface area contributed by atoms with Crippen LogP contribution in [0.4, 0.5) is 5.69 Å². The summed E-state index contributed by atoms with van der Waals surface area (Å²) >= 11 is 12.3. The molecule has 1 aromatic heterocycles. The number of H-pyrrole nitrogens is 1. The Bertz CT molecular complexity index is 987. The van der Waals surface area contributed by atoms with Crippen LogP contribution in [0.25, 0.3) is 10.9 Å². The Kier molecular flexibility index (Phi) is 4.00. The molecule has 0 aliphatic carbocycles. The molecule has 3 aromatic rings. The number of aryl methyl sites for hydroxylation is 1. The number of anilines is 1. The van der Waals surface area contributed by atoms with Crippen molar-refractivity contribution in [2.45, 2.75) is 18.7 Å². The summed E-state index contributed by atoms with van der Waals surface area (Å²) in [5.74, 6) is 0. The average molecular weight is 370 g/mol. The molecule has 0 bridgehead atoms. The topological polar surface area (TPSA) is 74.8 Å². The Hall–Kier alpha value is -1.76. The lowest BCUT2D eigenvalue weighted by atomic mass is 10.2. The number of nitrogens with zero attached hydrogens (tertiary/aromatic N) is 1. The number of aromatic amines is 1. The van der Waals surface area contributed by atoms with Crippen LogP contribution >= 0.6 is 23.2 Å². The van der Waals surface area contributed by atoms with Gasteiger partial charge in [-0.15, -0.1) is 0 Å². The van der Waals surface area contributed by atoms with Gasteiger partial charge in [-0.2, -0.15) is 5.10 Å². The van der Waals surface area contributed by atoms with Gasteiger partial charge in [0, 0.05) is 10.4 Å². The van der Waals surface area contributed by atoms with Crippen molar-refractivity contribution in [1.82, 2.24) is 10.2 Å².